The van der Waals surface area contributed by atoms with Gasteiger partial charge in [-0.3, -0.25) is 0 Å². The van der Waals surface area contributed by atoms with Crippen LogP contribution in [0.1, 0.15) is 11.3 Å². The van der Waals surface area contributed by atoms with Gasteiger partial charge >= 0.3 is 0 Å². The number of aryl methyl sites for hydroxylation is 1. The Morgan fingerprint density at radius 1 is 1.36 bits per heavy atom. The first-order valence-electron chi connectivity index (χ1n) is 4.77. The molecule has 3 N–H and O–H groups in total. The van der Waals surface area contributed by atoms with Crippen molar-refractivity contribution in [2.24, 2.45) is 5.73 Å². The van der Waals surface area contributed by atoms with Crippen molar-refractivity contribution in [2.45, 2.75) is 6.92 Å². The van der Waals surface area contributed by atoms with Crippen LogP contribution in [-0.4, -0.2) is 11.5 Å². The Balaban J connectivity index is 2.62. The van der Waals surface area contributed by atoms with E-state index in [1.54, 1.807) is 0 Å². The van der Waals surface area contributed by atoms with Crippen LogP contribution in [0.2, 0.25) is 0 Å². The molecule has 0 aliphatic heterocycles. The van der Waals surface area contributed by atoms with Crippen molar-refractivity contribution in [1.82, 2.24) is 4.98 Å². The van der Waals surface area contributed by atoms with Crippen LogP contribution in [0.25, 0.3) is 17.0 Å². The van der Waals surface area contributed by atoms with Crippen LogP contribution in [0.15, 0.2) is 30.3 Å². The van der Waals surface area contributed by atoms with Crippen molar-refractivity contribution >= 4 is 17.0 Å². The lowest BCUT2D eigenvalue weighted by Gasteiger charge is -1.92. The Kier molecular flexibility index (Phi) is 2.37. The lowest BCUT2D eigenvalue weighted by Crippen LogP contribution is -1.92. The van der Waals surface area contributed by atoms with Gasteiger partial charge in [0, 0.05) is 28.7 Å². The molecule has 0 spiro atoms. The van der Waals surface area contributed by atoms with Gasteiger partial charge in [-0.25, -0.2) is 0 Å². The van der Waals surface area contributed by atoms with Crippen LogP contribution in [-0.2, 0) is 0 Å². The fourth-order valence-corrected chi connectivity index (χ4v) is 1.70. The maximum atomic E-state index is 5.44. The summed E-state index contributed by atoms with van der Waals surface area (Å²) in [5.74, 6) is 0. The Morgan fingerprint density at radius 2 is 2.14 bits per heavy atom. The standard InChI is InChI=1S/C12H14N2/c1-9-10(6-4-8-13)11-5-2-3-7-12(11)14-9/h2-7,14H,8,13H2,1H3/b6-4+. The van der Waals surface area contributed by atoms with Gasteiger partial charge in [-0.2, -0.15) is 0 Å². The number of aromatic nitrogens is 1. The Labute approximate surface area is 83.4 Å². The largest absolute Gasteiger partial charge is 0.358 e. The number of rotatable bonds is 2. The zero-order valence-corrected chi connectivity index (χ0v) is 8.25. The molecule has 0 radical (unpaired) electrons. The fraction of sp³-hybridized carbons (Fsp3) is 0.167. The zero-order chi connectivity index (χ0) is 9.97. The van der Waals surface area contributed by atoms with Crippen LogP contribution in [0.3, 0.4) is 0 Å². The van der Waals surface area contributed by atoms with Gasteiger partial charge in [0.25, 0.3) is 0 Å². The first-order valence-corrected chi connectivity index (χ1v) is 4.77. The zero-order valence-electron chi connectivity index (χ0n) is 8.25. The van der Waals surface area contributed by atoms with Crippen LogP contribution in [0, 0.1) is 6.92 Å². The van der Waals surface area contributed by atoms with Gasteiger partial charge in [-0.1, -0.05) is 30.4 Å². The summed E-state index contributed by atoms with van der Waals surface area (Å²) < 4.78 is 0. The Bertz CT molecular complexity index is 466. The first-order chi connectivity index (χ1) is 6.83. The summed E-state index contributed by atoms with van der Waals surface area (Å²) in [7, 11) is 0. The molecular formula is C12H14N2. The molecule has 0 unspecified atom stereocenters. The number of nitrogens with two attached hydrogens (primary N) is 1. The number of aromatic amines is 1. The molecule has 0 saturated heterocycles. The van der Waals surface area contributed by atoms with Crippen molar-refractivity contribution in [3.05, 3.63) is 41.6 Å². The van der Waals surface area contributed by atoms with Crippen LogP contribution >= 0.6 is 0 Å². The number of hydrogen-bond donors (Lipinski definition) is 2. The van der Waals surface area contributed by atoms with Gasteiger partial charge in [0.15, 0.2) is 0 Å². The Morgan fingerprint density at radius 3 is 2.93 bits per heavy atom. The van der Waals surface area contributed by atoms with E-state index in [9.17, 15) is 0 Å². The fourth-order valence-electron chi connectivity index (χ4n) is 1.70. The average molecular weight is 186 g/mol. The summed E-state index contributed by atoms with van der Waals surface area (Å²) in [6, 6.07) is 8.29. The molecule has 1 heterocycles. The second kappa shape index (κ2) is 3.68. The van der Waals surface area contributed by atoms with Gasteiger partial charge < -0.3 is 10.7 Å². The highest BCUT2D eigenvalue weighted by atomic mass is 14.7. The van der Waals surface area contributed by atoms with E-state index in [0.29, 0.717) is 6.54 Å². The van der Waals surface area contributed by atoms with Crippen LogP contribution in [0.4, 0.5) is 0 Å². The summed E-state index contributed by atoms with van der Waals surface area (Å²) >= 11 is 0. The predicted molar refractivity (Wildman–Crippen MR) is 61.1 cm³/mol. The molecular weight excluding hydrogens is 172 g/mol. The molecule has 2 heteroatoms. The summed E-state index contributed by atoms with van der Waals surface area (Å²) in [6.45, 7) is 2.66. The maximum absolute atomic E-state index is 5.44. The molecule has 14 heavy (non-hydrogen) atoms. The summed E-state index contributed by atoms with van der Waals surface area (Å²) in [6.07, 6.45) is 4.05. The predicted octanol–water partition coefficient (Wildman–Crippen LogP) is 2.45. The van der Waals surface area contributed by atoms with Crippen molar-refractivity contribution in [3.8, 4) is 0 Å². The minimum atomic E-state index is 0.582. The van der Waals surface area contributed by atoms with Gasteiger partial charge in [-0.15, -0.1) is 0 Å². The molecule has 0 amide bonds. The third-order valence-electron chi connectivity index (χ3n) is 2.36. The summed E-state index contributed by atoms with van der Waals surface area (Å²) in [4.78, 5) is 3.34. The van der Waals surface area contributed by atoms with Gasteiger partial charge in [-0.05, 0) is 13.0 Å². The normalized spacial score (nSPS) is 11.6. The number of fused-ring (bicyclic) bond motifs is 1. The van der Waals surface area contributed by atoms with E-state index in [0.717, 1.165) is 0 Å². The summed E-state index contributed by atoms with van der Waals surface area (Å²) in [5, 5.41) is 1.26. The SMILES string of the molecule is Cc1[nH]c2ccccc2c1/C=C/CN. The third-order valence-corrected chi connectivity index (χ3v) is 2.36. The molecule has 2 aromatic rings. The molecule has 0 saturated carbocycles. The van der Waals surface area contributed by atoms with Crippen LogP contribution < -0.4 is 5.73 Å². The highest BCUT2D eigenvalue weighted by Gasteiger charge is 2.03. The van der Waals surface area contributed by atoms with Gasteiger partial charge in [0.2, 0.25) is 0 Å². The van der Waals surface area contributed by atoms with E-state index in [1.807, 2.05) is 12.1 Å². The number of H-pyrrole nitrogens is 1. The molecule has 1 aromatic heterocycles. The molecule has 2 nitrogen and oxygen atoms in total. The molecule has 72 valence electrons. The lowest BCUT2D eigenvalue weighted by molar-refractivity contribution is 1.26. The lowest BCUT2D eigenvalue weighted by atomic mass is 10.1. The molecule has 0 atom stereocenters. The van der Waals surface area contributed by atoms with E-state index >= 15 is 0 Å². The van der Waals surface area contributed by atoms with E-state index in [2.05, 4.69) is 36.2 Å². The maximum Gasteiger partial charge on any atom is 0.0462 e. The van der Waals surface area contributed by atoms with Gasteiger partial charge in [0.1, 0.15) is 0 Å². The van der Waals surface area contributed by atoms with E-state index in [1.165, 1.54) is 22.2 Å². The second-order valence-electron chi connectivity index (χ2n) is 3.35. The molecule has 0 aliphatic rings. The average Bonchev–Trinajstić information content (AvgIpc) is 2.51. The van der Waals surface area contributed by atoms with E-state index < -0.39 is 0 Å². The molecule has 0 fully saturated rings. The highest BCUT2D eigenvalue weighted by Crippen LogP contribution is 2.22. The smallest absolute Gasteiger partial charge is 0.0462 e. The minimum Gasteiger partial charge on any atom is -0.358 e. The van der Waals surface area contributed by atoms with E-state index in [-0.39, 0.29) is 0 Å². The molecule has 0 bridgehead atoms. The monoisotopic (exact) mass is 186 g/mol. The van der Waals surface area contributed by atoms with Gasteiger partial charge in [0.05, 0.1) is 0 Å². The van der Waals surface area contributed by atoms with Crippen molar-refractivity contribution in [1.29, 1.82) is 0 Å². The topological polar surface area (TPSA) is 41.8 Å². The van der Waals surface area contributed by atoms with Crippen molar-refractivity contribution in [2.75, 3.05) is 6.54 Å². The molecule has 2 rings (SSSR count). The first kappa shape index (κ1) is 9.03. The van der Waals surface area contributed by atoms with Crippen molar-refractivity contribution < 1.29 is 0 Å². The minimum absolute atomic E-state index is 0.582. The number of nitrogens with one attached hydrogen (secondary N) is 1. The number of benzene rings is 1. The quantitative estimate of drug-likeness (QED) is 0.743. The number of hydrogen-bond acceptors (Lipinski definition) is 1. The molecule has 1 aromatic carbocycles. The van der Waals surface area contributed by atoms with Crippen LogP contribution in [0.5, 0.6) is 0 Å². The van der Waals surface area contributed by atoms with Crippen molar-refractivity contribution in [3.63, 3.8) is 0 Å². The summed E-state index contributed by atoms with van der Waals surface area (Å²) in [5.41, 5.74) is 9.06. The number of para-hydroxylation sites is 1. The third kappa shape index (κ3) is 1.44. The Hall–Kier alpha value is -1.54. The highest BCUT2D eigenvalue weighted by molar-refractivity contribution is 5.90. The second-order valence-corrected chi connectivity index (χ2v) is 3.35. The molecule has 0 aliphatic carbocycles. The van der Waals surface area contributed by atoms with E-state index in [4.69, 9.17) is 5.73 Å².